The first-order valence-electron chi connectivity index (χ1n) is 4.25. The fourth-order valence-electron chi connectivity index (χ4n) is 1.42. The highest BCUT2D eigenvalue weighted by atomic mass is 16.3. The number of aromatic hydroxyl groups is 4. The molecule has 4 N–H and O–H groups in total. The molecule has 0 unspecified atom stereocenters. The molecular weight excluding hydrogens is 212 g/mol. The molecule has 2 aromatic carbocycles. The fourth-order valence-corrected chi connectivity index (χ4v) is 1.42. The van der Waals surface area contributed by atoms with Gasteiger partial charge in [-0.1, -0.05) is 0 Å². The van der Waals surface area contributed by atoms with Crippen LogP contribution in [0.15, 0.2) is 24.3 Å². The lowest BCUT2D eigenvalue weighted by atomic mass is 10.1. The van der Waals surface area contributed by atoms with Crippen LogP contribution in [-0.4, -0.2) is 27.2 Å². The molecule has 0 spiro atoms. The number of benzene rings is 2. The average molecular weight is 222 g/mol. The Morgan fingerprint density at radius 2 is 0.812 bits per heavy atom. The van der Waals surface area contributed by atoms with Gasteiger partial charge >= 0.3 is 0 Å². The highest BCUT2D eigenvalue weighted by Gasteiger charge is 2.12. The monoisotopic (exact) mass is 222 g/mol. The number of phenols is 4. The summed E-state index contributed by atoms with van der Waals surface area (Å²) in [4.78, 5) is 8.00. The van der Waals surface area contributed by atoms with Crippen LogP contribution in [0.5, 0.6) is 23.0 Å². The molecule has 84 valence electrons. The smallest absolute Gasteiger partial charge is 0.127 e. The van der Waals surface area contributed by atoms with Gasteiger partial charge in [-0.2, -0.15) is 0 Å². The third kappa shape index (κ3) is 1.70. The molecule has 0 aliphatic rings. The molecule has 16 heavy (non-hydrogen) atoms. The van der Waals surface area contributed by atoms with Gasteiger partial charge in [-0.3, -0.25) is 0 Å². The average Bonchev–Trinajstić information content (AvgIpc) is 2.30. The van der Waals surface area contributed by atoms with Crippen LogP contribution in [0.2, 0.25) is 0 Å². The fraction of sp³-hybridized carbons (Fsp3) is 0. The Labute approximate surface area is 90.8 Å². The minimum absolute atomic E-state index is 0.0463. The van der Waals surface area contributed by atoms with Crippen molar-refractivity contribution in [1.82, 2.24) is 0 Å². The first-order valence-corrected chi connectivity index (χ1v) is 4.25. The number of phenolic OH excluding ortho intramolecular Hbond substituents is 4. The van der Waals surface area contributed by atoms with Crippen molar-refractivity contribution in [3.63, 3.8) is 0 Å². The van der Waals surface area contributed by atoms with Crippen molar-refractivity contribution in [2.45, 2.75) is 0 Å². The van der Waals surface area contributed by atoms with E-state index in [4.69, 9.17) is 4.79 Å². The van der Waals surface area contributed by atoms with Crippen LogP contribution in [-0.2, 0) is 4.79 Å². The van der Waals surface area contributed by atoms with Crippen molar-refractivity contribution in [2.75, 3.05) is 0 Å². The minimum atomic E-state index is -0.189. The Balaban J connectivity index is 0.000000606. The maximum atomic E-state index is 9.42. The molecule has 0 bridgehead atoms. The summed E-state index contributed by atoms with van der Waals surface area (Å²) in [5.74, 6) is -0.755. The summed E-state index contributed by atoms with van der Waals surface area (Å²) >= 11 is 0. The third-order valence-electron chi connectivity index (χ3n) is 2.07. The van der Waals surface area contributed by atoms with Crippen LogP contribution >= 0.6 is 0 Å². The zero-order chi connectivity index (χ0) is 12.3. The molecule has 0 amide bonds. The lowest BCUT2D eigenvalue weighted by Crippen LogP contribution is -1.78. The highest BCUT2D eigenvalue weighted by molar-refractivity contribution is 6.01. The number of hydrogen-bond donors (Lipinski definition) is 4. The van der Waals surface area contributed by atoms with Gasteiger partial charge < -0.3 is 25.2 Å². The largest absolute Gasteiger partial charge is 0.507 e. The quantitative estimate of drug-likeness (QED) is 0.506. The van der Waals surface area contributed by atoms with E-state index >= 15 is 0 Å². The summed E-state index contributed by atoms with van der Waals surface area (Å²) in [6.07, 6.45) is 0. The van der Waals surface area contributed by atoms with Crippen LogP contribution in [0, 0.1) is 0 Å². The lowest BCUT2D eigenvalue weighted by Gasteiger charge is -2.06. The van der Waals surface area contributed by atoms with Crippen LogP contribution in [0.1, 0.15) is 0 Å². The highest BCUT2D eigenvalue weighted by Crippen LogP contribution is 2.42. The molecule has 5 heteroatoms. The predicted molar refractivity (Wildman–Crippen MR) is 57.7 cm³/mol. The summed E-state index contributed by atoms with van der Waals surface area (Å²) in [5, 5.41) is 37.8. The van der Waals surface area contributed by atoms with Crippen LogP contribution in [0.25, 0.3) is 10.8 Å². The molecule has 0 heterocycles. The molecule has 0 aliphatic carbocycles. The molecule has 0 saturated carbocycles. The van der Waals surface area contributed by atoms with Gasteiger partial charge in [-0.05, 0) is 24.3 Å². The number of rotatable bonds is 0. The minimum Gasteiger partial charge on any atom is -0.507 e. The van der Waals surface area contributed by atoms with Crippen molar-refractivity contribution in [3.05, 3.63) is 24.3 Å². The summed E-state index contributed by atoms with van der Waals surface area (Å²) in [6, 6.07) is 4.99. The predicted octanol–water partition coefficient (Wildman–Crippen LogP) is 1.48. The molecule has 0 aromatic heterocycles. The van der Waals surface area contributed by atoms with E-state index in [1.54, 1.807) is 0 Å². The van der Waals surface area contributed by atoms with E-state index < -0.39 is 0 Å². The van der Waals surface area contributed by atoms with Gasteiger partial charge in [-0.15, -0.1) is 0 Å². The SMILES string of the molecule is C=O.Oc1ccc(O)c2c(O)ccc(O)c12. The number of fused-ring (bicyclic) bond motifs is 1. The summed E-state index contributed by atoms with van der Waals surface area (Å²) in [5.41, 5.74) is 0. The van der Waals surface area contributed by atoms with Gasteiger partial charge in [0.05, 0.1) is 10.8 Å². The summed E-state index contributed by atoms with van der Waals surface area (Å²) < 4.78 is 0. The van der Waals surface area contributed by atoms with E-state index in [-0.39, 0.29) is 33.8 Å². The summed E-state index contributed by atoms with van der Waals surface area (Å²) in [7, 11) is 0. The molecule has 5 nitrogen and oxygen atoms in total. The number of hydrogen-bond acceptors (Lipinski definition) is 5. The topological polar surface area (TPSA) is 98.0 Å². The second-order valence-electron chi connectivity index (χ2n) is 2.96. The Bertz CT molecular complexity index is 432. The van der Waals surface area contributed by atoms with Crippen molar-refractivity contribution in [1.29, 1.82) is 0 Å². The van der Waals surface area contributed by atoms with E-state index in [2.05, 4.69) is 0 Å². The summed E-state index contributed by atoms with van der Waals surface area (Å²) in [6.45, 7) is 2.00. The van der Waals surface area contributed by atoms with Crippen molar-refractivity contribution >= 4 is 17.6 Å². The van der Waals surface area contributed by atoms with Gasteiger partial charge in [0.1, 0.15) is 29.8 Å². The van der Waals surface area contributed by atoms with Crippen LogP contribution < -0.4 is 0 Å². The third-order valence-corrected chi connectivity index (χ3v) is 2.07. The molecule has 2 rings (SSSR count). The van der Waals surface area contributed by atoms with Gasteiger partial charge in [0, 0.05) is 0 Å². The maximum Gasteiger partial charge on any atom is 0.127 e. The standard InChI is InChI=1S/C10H8O4.CH2O/c11-5-1-2-6(12)10-8(14)4-3-7(13)9(5)10;1-2/h1-4,11-14H;1H2. The molecule has 0 fully saturated rings. The van der Waals surface area contributed by atoms with Gasteiger partial charge in [0.15, 0.2) is 0 Å². The molecule has 0 aliphatic heterocycles. The Morgan fingerprint density at radius 3 is 1.00 bits per heavy atom. The lowest BCUT2D eigenvalue weighted by molar-refractivity contribution is -0.0979. The molecule has 0 saturated heterocycles. The van der Waals surface area contributed by atoms with Crippen molar-refractivity contribution in [3.8, 4) is 23.0 Å². The Hall–Kier alpha value is -2.43. The first kappa shape index (κ1) is 11.6. The normalized spacial score (nSPS) is 9.50. The van der Waals surface area contributed by atoms with E-state index in [9.17, 15) is 20.4 Å². The van der Waals surface area contributed by atoms with E-state index in [1.165, 1.54) is 24.3 Å². The second kappa shape index (κ2) is 4.39. The van der Waals surface area contributed by atoms with Gasteiger partial charge in [0.2, 0.25) is 0 Å². The second-order valence-corrected chi connectivity index (χ2v) is 2.96. The molecular formula is C11H10O5. The van der Waals surface area contributed by atoms with Crippen molar-refractivity contribution in [2.24, 2.45) is 0 Å². The van der Waals surface area contributed by atoms with E-state index in [1.807, 2.05) is 6.79 Å². The molecule has 2 aromatic rings. The zero-order valence-corrected chi connectivity index (χ0v) is 8.21. The Kier molecular flexibility index (Phi) is 3.20. The maximum absolute atomic E-state index is 9.42. The zero-order valence-electron chi connectivity index (χ0n) is 8.21. The van der Waals surface area contributed by atoms with E-state index in [0.717, 1.165) is 0 Å². The number of carbonyl (C=O) groups is 1. The van der Waals surface area contributed by atoms with Crippen LogP contribution in [0.4, 0.5) is 0 Å². The van der Waals surface area contributed by atoms with E-state index in [0.29, 0.717) is 0 Å². The van der Waals surface area contributed by atoms with Gasteiger partial charge in [0.25, 0.3) is 0 Å². The Morgan fingerprint density at radius 1 is 0.625 bits per heavy atom. The molecule has 0 atom stereocenters. The van der Waals surface area contributed by atoms with Crippen LogP contribution in [0.3, 0.4) is 0 Å². The molecule has 0 radical (unpaired) electrons. The number of carbonyl (C=O) groups excluding carboxylic acids is 1. The van der Waals surface area contributed by atoms with Gasteiger partial charge in [-0.25, -0.2) is 0 Å². The first-order chi connectivity index (χ1) is 7.61. The van der Waals surface area contributed by atoms with Crippen molar-refractivity contribution < 1.29 is 25.2 Å².